The molecule has 7 heteroatoms. The van der Waals surface area contributed by atoms with Crippen LogP contribution in [0.5, 0.6) is 11.5 Å². The third-order valence-electron chi connectivity index (χ3n) is 5.48. The largest absolute Gasteiger partial charge is 0.493 e. The Labute approximate surface area is 200 Å². The van der Waals surface area contributed by atoms with Crippen molar-refractivity contribution in [2.75, 3.05) is 6.61 Å². The maximum atomic E-state index is 12.7. The van der Waals surface area contributed by atoms with Gasteiger partial charge in [-0.15, -0.1) is 0 Å². The lowest BCUT2D eigenvalue weighted by Gasteiger charge is -2.25. The molecular formula is C27H30N2O5. The number of nitrogens with zero attached hydrogens (tertiary/aromatic N) is 2. The normalized spacial score (nSPS) is 11.5. The predicted molar refractivity (Wildman–Crippen MR) is 129 cm³/mol. The zero-order valence-corrected chi connectivity index (χ0v) is 19.7. The number of carbonyl (C=O) groups is 2. The number of aromatic nitrogens is 1. The van der Waals surface area contributed by atoms with Gasteiger partial charge in [0.2, 0.25) is 0 Å². The number of hydrogen-bond acceptors (Lipinski definition) is 5. The molecule has 2 aromatic carbocycles. The molecule has 1 atom stereocenters. The van der Waals surface area contributed by atoms with Crippen molar-refractivity contribution in [1.29, 1.82) is 0 Å². The van der Waals surface area contributed by atoms with Gasteiger partial charge in [0, 0.05) is 24.9 Å². The van der Waals surface area contributed by atoms with Crippen molar-refractivity contribution in [2.45, 2.75) is 46.2 Å². The maximum Gasteiger partial charge on any atom is 0.416 e. The van der Waals surface area contributed by atoms with Crippen molar-refractivity contribution in [3.8, 4) is 11.5 Å². The van der Waals surface area contributed by atoms with Crippen LogP contribution in [0.25, 0.3) is 0 Å². The lowest BCUT2D eigenvalue weighted by atomic mass is 10.2. The first kappa shape index (κ1) is 24.8. The molecule has 0 saturated heterocycles. The molecule has 1 N–H and O–H groups in total. The maximum absolute atomic E-state index is 12.7. The average Bonchev–Trinajstić information content (AvgIpc) is 2.84. The van der Waals surface area contributed by atoms with Crippen LogP contribution in [-0.2, 0) is 24.2 Å². The predicted octanol–water partition coefficient (Wildman–Crippen LogP) is 5.05. The summed E-state index contributed by atoms with van der Waals surface area (Å²) in [4.78, 5) is 29.9. The van der Waals surface area contributed by atoms with Gasteiger partial charge < -0.3 is 14.6 Å². The second-order valence-corrected chi connectivity index (χ2v) is 8.08. The first-order chi connectivity index (χ1) is 16.4. The summed E-state index contributed by atoms with van der Waals surface area (Å²) in [6.07, 6.45) is 2.82. The van der Waals surface area contributed by atoms with E-state index in [1.54, 1.807) is 24.3 Å². The van der Waals surface area contributed by atoms with E-state index in [4.69, 9.17) is 9.47 Å². The third kappa shape index (κ3) is 7.07. The minimum Gasteiger partial charge on any atom is -0.493 e. The van der Waals surface area contributed by atoms with Gasteiger partial charge in [0.05, 0.1) is 6.61 Å². The Morgan fingerprint density at radius 3 is 2.21 bits per heavy atom. The van der Waals surface area contributed by atoms with E-state index in [0.29, 0.717) is 24.5 Å². The molecule has 34 heavy (non-hydrogen) atoms. The van der Waals surface area contributed by atoms with Crippen LogP contribution in [0.3, 0.4) is 0 Å². The second kappa shape index (κ2) is 11.8. The first-order valence-electron chi connectivity index (χ1n) is 11.3. The number of hydrogen-bond donors (Lipinski definition) is 1. The van der Waals surface area contributed by atoms with Gasteiger partial charge in [-0.05, 0) is 61.7 Å². The molecule has 0 bridgehead atoms. The van der Waals surface area contributed by atoms with Gasteiger partial charge >= 0.3 is 12.1 Å². The molecule has 3 aromatic rings. The van der Waals surface area contributed by atoms with Crippen LogP contribution in [0.15, 0.2) is 66.9 Å². The van der Waals surface area contributed by atoms with Crippen LogP contribution in [0.4, 0.5) is 4.79 Å². The highest BCUT2D eigenvalue weighted by Gasteiger charge is 2.27. The molecule has 3 rings (SSSR count). The number of aliphatic carboxylic acids is 1. The molecular weight excluding hydrogens is 432 g/mol. The van der Waals surface area contributed by atoms with E-state index in [1.807, 2.05) is 43.5 Å². The molecule has 0 aliphatic heterocycles. The second-order valence-electron chi connectivity index (χ2n) is 8.08. The van der Waals surface area contributed by atoms with Gasteiger partial charge in [0.15, 0.2) is 0 Å². The fourth-order valence-corrected chi connectivity index (χ4v) is 3.23. The zero-order chi connectivity index (χ0) is 24.5. The summed E-state index contributed by atoms with van der Waals surface area (Å²) >= 11 is 0. The van der Waals surface area contributed by atoms with Gasteiger partial charge in [0.1, 0.15) is 17.5 Å². The number of benzene rings is 2. The molecule has 0 aliphatic carbocycles. The van der Waals surface area contributed by atoms with E-state index in [2.05, 4.69) is 18.0 Å². The summed E-state index contributed by atoms with van der Waals surface area (Å²) in [6, 6.07) is 17.3. The van der Waals surface area contributed by atoms with Crippen molar-refractivity contribution in [2.24, 2.45) is 0 Å². The molecule has 7 nitrogen and oxygen atoms in total. The highest BCUT2D eigenvalue weighted by Crippen LogP contribution is 2.18. The van der Waals surface area contributed by atoms with Crippen LogP contribution in [0, 0.1) is 6.92 Å². The van der Waals surface area contributed by atoms with Crippen LogP contribution in [-0.4, -0.2) is 39.7 Å². The van der Waals surface area contributed by atoms with E-state index < -0.39 is 18.1 Å². The number of amides is 1. The molecule has 178 valence electrons. The number of rotatable bonds is 10. The van der Waals surface area contributed by atoms with Crippen LogP contribution < -0.4 is 9.47 Å². The number of aryl methyl sites for hydroxylation is 2. The highest BCUT2D eigenvalue weighted by atomic mass is 16.6. The third-order valence-corrected chi connectivity index (χ3v) is 5.48. The van der Waals surface area contributed by atoms with E-state index >= 15 is 0 Å². The van der Waals surface area contributed by atoms with Crippen molar-refractivity contribution >= 4 is 12.1 Å². The van der Waals surface area contributed by atoms with Gasteiger partial charge in [-0.3, -0.25) is 9.88 Å². The molecule has 0 aliphatic rings. The number of carboxylic acid groups (broad SMARTS) is 1. The number of carboxylic acids is 1. The molecule has 0 radical (unpaired) electrons. The van der Waals surface area contributed by atoms with Crippen molar-refractivity contribution in [3.05, 3.63) is 89.2 Å². The Kier molecular flexibility index (Phi) is 8.62. The Morgan fingerprint density at radius 1 is 0.971 bits per heavy atom. The molecule has 0 saturated carbocycles. The minimum absolute atomic E-state index is 0.0894. The Balaban J connectivity index is 1.59. The molecule has 0 spiro atoms. The average molecular weight is 463 g/mol. The van der Waals surface area contributed by atoms with Crippen molar-refractivity contribution < 1.29 is 24.2 Å². The Hall–Kier alpha value is -3.87. The summed E-state index contributed by atoms with van der Waals surface area (Å²) in [7, 11) is 0. The lowest BCUT2D eigenvalue weighted by molar-refractivity contribution is -0.142. The Morgan fingerprint density at radius 2 is 1.62 bits per heavy atom. The summed E-state index contributed by atoms with van der Waals surface area (Å²) in [5, 5.41) is 9.47. The van der Waals surface area contributed by atoms with Crippen molar-refractivity contribution in [1.82, 2.24) is 9.88 Å². The summed E-state index contributed by atoms with van der Waals surface area (Å²) in [6.45, 7) is 6.06. The van der Waals surface area contributed by atoms with E-state index in [1.165, 1.54) is 17.4 Å². The molecule has 1 aromatic heterocycles. The first-order valence-corrected chi connectivity index (χ1v) is 11.3. The monoisotopic (exact) mass is 462 g/mol. The number of carbonyl (C=O) groups excluding carboxylic acids is 1. The highest BCUT2D eigenvalue weighted by molar-refractivity contribution is 5.80. The van der Waals surface area contributed by atoms with Gasteiger partial charge in [0.25, 0.3) is 0 Å². The van der Waals surface area contributed by atoms with E-state index in [0.717, 1.165) is 23.2 Å². The zero-order valence-electron chi connectivity index (χ0n) is 19.7. The van der Waals surface area contributed by atoms with E-state index in [-0.39, 0.29) is 6.54 Å². The molecule has 0 unspecified atom stereocenters. The van der Waals surface area contributed by atoms with E-state index in [9.17, 15) is 14.7 Å². The standard InChI is InChI=1S/C27H30N2O5/c1-4-21-7-10-23(28-17-21)15-16-33-24-13-8-22(9-14-24)18-29(20(3)26(30)31)27(32)34-25-11-5-19(2)6-12-25/h5-14,17,20H,4,15-16,18H2,1-3H3,(H,30,31)/t20-/m0/s1. The smallest absolute Gasteiger partial charge is 0.416 e. The summed E-state index contributed by atoms with van der Waals surface area (Å²) in [5.74, 6) is -0.0591. The van der Waals surface area contributed by atoms with Crippen molar-refractivity contribution in [3.63, 3.8) is 0 Å². The van der Waals surface area contributed by atoms with Gasteiger partial charge in [-0.1, -0.05) is 42.8 Å². The summed E-state index contributed by atoms with van der Waals surface area (Å²) in [5.41, 5.74) is 3.97. The lowest BCUT2D eigenvalue weighted by Crippen LogP contribution is -2.44. The minimum atomic E-state index is -1.11. The van der Waals surface area contributed by atoms with Crippen LogP contribution >= 0.6 is 0 Å². The molecule has 1 heterocycles. The Bertz CT molecular complexity index is 1080. The number of pyridine rings is 1. The van der Waals surface area contributed by atoms with Gasteiger partial charge in [-0.2, -0.15) is 0 Å². The topological polar surface area (TPSA) is 89.0 Å². The van der Waals surface area contributed by atoms with Crippen LogP contribution in [0.2, 0.25) is 0 Å². The SMILES string of the molecule is CCc1ccc(CCOc2ccc(CN(C(=O)Oc3ccc(C)cc3)[C@@H](C)C(=O)O)cc2)nc1. The number of ether oxygens (including phenoxy) is 2. The fourth-order valence-electron chi connectivity index (χ4n) is 3.23. The molecule has 1 amide bonds. The quantitative estimate of drug-likeness (QED) is 0.454. The molecule has 0 fully saturated rings. The van der Waals surface area contributed by atoms with Crippen LogP contribution in [0.1, 0.15) is 36.2 Å². The fraction of sp³-hybridized carbons (Fsp3) is 0.296. The summed E-state index contributed by atoms with van der Waals surface area (Å²) < 4.78 is 11.2. The van der Waals surface area contributed by atoms with Gasteiger partial charge in [-0.25, -0.2) is 9.59 Å².